The standard InChI is InChI=1S/C10H8ClN3O/c1-15-10-7(3-2-4-12-10)8-5-9(11)14-6-13-8/h2-6H,1H3. The van der Waals surface area contributed by atoms with Crippen LogP contribution in [0, 0.1) is 0 Å². The Kier molecular flexibility index (Phi) is 2.78. The first-order chi connectivity index (χ1) is 7.31. The van der Waals surface area contributed by atoms with E-state index in [1.165, 1.54) is 6.33 Å². The van der Waals surface area contributed by atoms with Crippen LogP contribution in [0.25, 0.3) is 11.3 Å². The second kappa shape index (κ2) is 4.23. The van der Waals surface area contributed by atoms with Gasteiger partial charge in [-0.1, -0.05) is 11.6 Å². The molecule has 0 radical (unpaired) electrons. The Morgan fingerprint density at radius 1 is 1.27 bits per heavy atom. The van der Waals surface area contributed by atoms with Crippen LogP contribution < -0.4 is 4.74 Å². The van der Waals surface area contributed by atoms with Crippen LogP contribution in [0.4, 0.5) is 0 Å². The Balaban J connectivity index is 2.53. The van der Waals surface area contributed by atoms with Gasteiger partial charge in [0.05, 0.1) is 18.4 Å². The van der Waals surface area contributed by atoms with Crippen molar-refractivity contribution in [2.24, 2.45) is 0 Å². The van der Waals surface area contributed by atoms with E-state index >= 15 is 0 Å². The van der Waals surface area contributed by atoms with E-state index in [4.69, 9.17) is 16.3 Å². The number of rotatable bonds is 2. The molecule has 0 spiro atoms. The lowest BCUT2D eigenvalue weighted by atomic mass is 10.2. The number of hydrogen-bond donors (Lipinski definition) is 0. The number of nitrogens with zero attached hydrogens (tertiary/aromatic N) is 3. The van der Waals surface area contributed by atoms with Crippen LogP contribution in [0.1, 0.15) is 0 Å². The van der Waals surface area contributed by atoms with Crippen LogP contribution in [0.15, 0.2) is 30.7 Å². The summed E-state index contributed by atoms with van der Waals surface area (Å²) in [6.07, 6.45) is 3.06. The largest absolute Gasteiger partial charge is 0.481 e. The number of pyridine rings is 1. The summed E-state index contributed by atoms with van der Waals surface area (Å²) in [5.74, 6) is 0.521. The Hall–Kier alpha value is -1.68. The molecular weight excluding hydrogens is 214 g/mol. The number of aromatic nitrogens is 3. The van der Waals surface area contributed by atoms with E-state index in [9.17, 15) is 0 Å². The van der Waals surface area contributed by atoms with Crippen molar-refractivity contribution in [2.45, 2.75) is 0 Å². The molecule has 76 valence electrons. The van der Waals surface area contributed by atoms with Gasteiger partial charge in [-0.15, -0.1) is 0 Å². The number of ether oxygens (including phenoxy) is 1. The van der Waals surface area contributed by atoms with E-state index in [2.05, 4.69) is 15.0 Å². The van der Waals surface area contributed by atoms with Crippen molar-refractivity contribution in [3.8, 4) is 17.1 Å². The molecule has 0 amide bonds. The fraction of sp³-hybridized carbons (Fsp3) is 0.100. The van der Waals surface area contributed by atoms with Crippen LogP contribution in [0.2, 0.25) is 5.15 Å². The predicted molar refractivity (Wildman–Crippen MR) is 56.8 cm³/mol. The van der Waals surface area contributed by atoms with Crippen molar-refractivity contribution >= 4 is 11.6 Å². The molecule has 0 aliphatic carbocycles. The van der Waals surface area contributed by atoms with Gasteiger partial charge in [-0.05, 0) is 12.1 Å². The van der Waals surface area contributed by atoms with Gasteiger partial charge in [0, 0.05) is 12.3 Å². The van der Waals surface area contributed by atoms with Crippen LogP contribution in [0.3, 0.4) is 0 Å². The minimum absolute atomic E-state index is 0.394. The highest BCUT2D eigenvalue weighted by atomic mass is 35.5. The van der Waals surface area contributed by atoms with Crippen molar-refractivity contribution < 1.29 is 4.74 Å². The molecule has 2 heterocycles. The third-order valence-electron chi connectivity index (χ3n) is 1.87. The zero-order chi connectivity index (χ0) is 10.7. The van der Waals surface area contributed by atoms with Crippen molar-refractivity contribution in [3.05, 3.63) is 35.9 Å². The zero-order valence-electron chi connectivity index (χ0n) is 8.01. The Morgan fingerprint density at radius 3 is 2.87 bits per heavy atom. The molecule has 2 aromatic heterocycles. The van der Waals surface area contributed by atoms with Crippen molar-refractivity contribution in [2.75, 3.05) is 7.11 Å². The molecule has 15 heavy (non-hydrogen) atoms. The third-order valence-corrected chi connectivity index (χ3v) is 2.08. The molecule has 5 heteroatoms. The van der Waals surface area contributed by atoms with Crippen LogP contribution >= 0.6 is 11.6 Å². The van der Waals surface area contributed by atoms with Gasteiger partial charge in [-0.25, -0.2) is 15.0 Å². The summed E-state index contributed by atoms with van der Waals surface area (Å²) in [4.78, 5) is 12.0. The highest BCUT2D eigenvalue weighted by Crippen LogP contribution is 2.26. The van der Waals surface area contributed by atoms with Crippen molar-refractivity contribution in [3.63, 3.8) is 0 Å². The summed E-state index contributed by atoms with van der Waals surface area (Å²) < 4.78 is 5.13. The minimum atomic E-state index is 0.394. The van der Waals surface area contributed by atoms with Crippen LogP contribution in [-0.2, 0) is 0 Å². The molecule has 0 atom stereocenters. The van der Waals surface area contributed by atoms with E-state index in [1.807, 2.05) is 12.1 Å². The molecule has 2 rings (SSSR count). The van der Waals surface area contributed by atoms with Gasteiger partial charge >= 0.3 is 0 Å². The number of methoxy groups -OCH3 is 1. The smallest absolute Gasteiger partial charge is 0.222 e. The summed E-state index contributed by atoms with van der Waals surface area (Å²) in [5.41, 5.74) is 1.49. The molecule has 0 aliphatic rings. The SMILES string of the molecule is COc1ncccc1-c1cc(Cl)ncn1. The average molecular weight is 222 g/mol. The van der Waals surface area contributed by atoms with Gasteiger partial charge in [0.25, 0.3) is 0 Å². The van der Waals surface area contributed by atoms with Crippen LogP contribution in [0.5, 0.6) is 5.88 Å². The van der Waals surface area contributed by atoms with Gasteiger partial charge in [-0.2, -0.15) is 0 Å². The quantitative estimate of drug-likeness (QED) is 0.730. The normalized spacial score (nSPS) is 10.0. The lowest BCUT2D eigenvalue weighted by molar-refractivity contribution is 0.399. The summed E-state index contributed by atoms with van der Waals surface area (Å²) in [6, 6.07) is 5.35. The van der Waals surface area contributed by atoms with Gasteiger partial charge in [0.1, 0.15) is 11.5 Å². The molecule has 0 saturated heterocycles. The average Bonchev–Trinajstić information content (AvgIpc) is 2.29. The molecule has 0 N–H and O–H groups in total. The first-order valence-electron chi connectivity index (χ1n) is 4.28. The van der Waals surface area contributed by atoms with E-state index in [-0.39, 0.29) is 0 Å². The Morgan fingerprint density at radius 2 is 2.13 bits per heavy atom. The molecule has 0 aliphatic heterocycles. The molecule has 0 fully saturated rings. The van der Waals surface area contributed by atoms with Gasteiger partial charge in [0.2, 0.25) is 5.88 Å². The maximum absolute atomic E-state index is 5.78. The third kappa shape index (κ3) is 2.05. The summed E-state index contributed by atoms with van der Waals surface area (Å²) >= 11 is 5.78. The van der Waals surface area contributed by atoms with Gasteiger partial charge < -0.3 is 4.74 Å². The number of halogens is 1. The maximum Gasteiger partial charge on any atom is 0.222 e. The Labute approximate surface area is 91.9 Å². The first-order valence-corrected chi connectivity index (χ1v) is 4.66. The molecule has 0 unspecified atom stereocenters. The van der Waals surface area contributed by atoms with Crippen LogP contribution in [-0.4, -0.2) is 22.1 Å². The highest BCUT2D eigenvalue weighted by Gasteiger charge is 2.07. The predicted octanol–water partition coefficient (Wildman–Crippen LogP) is 2.20. The fourth-order valence-corrected chi connectivity index (χ4v) is 1.38. The number of hydrogen-bond acceptors (Lipinski definition) is 4. The lowest BCUT2D eigenvalue weighted by Gasteiger charge is -2.05. The second-order valence-corrected chi connectivity index (χ2v) is 3.17. The second-order valence-electron chi connectivity index (χ2n) is 2.79. The molecule has 0 saturated carbocycles. The first kappa shape index (κ1) is 9.86. The topological polar surface area (TPSA) is 47.9 Å². The summed E-state index contributed by atoms with van der Waals surface area (Å²) in [6.45, 7) is 0. The van der Waals surface area contributed by atoms with E-state index in [1.54, 1.807) is 19.4 Å². The van der Waals surface area contributed by atoms with Gasteiger partial charge in [0.15, 0.2) is 0 Å². The zero-order valence-corrected chi connectivity index (χ0v) is 8.77. The molecule has 4 nitrogen and oxygen atoms in total. The highest BCUT2D eigenvalue weighted by molar-refractivity contribution is 6.29. The minimum Gasteiger partial charge on any atom is -0.481 e. The Bertz CT molecular complexity index is 476. The van der Waals surface area contributed by atoms with Gasteiger partial charge in [-0.3, -0.25) is 0 Å². The van der Waals surface area contributed by atoms with E-state index < -0.39 is 0 Å². The molecule has 0 aromatic carbocycles. The van der Waals surface area contributed by atoms with Crippen molar-refractivity contribution in [1.29, 1.82) is 0 Å². The van der Waals surface area contributed by atoms with E-state index in [0.29, 0.717) is 16.7 Å². The summed E-state index contributed by atoms with van der Waals surface area (Å²) in [5, 5.41) is 0.394. The lowest BCUT2D eigenvalue weighted by Crippen LogP contribution is -1.92. The fourth-order valence-electron chi connectivity index (χ4n) is 1.23. The van der Waals surface area contributed by atoms with E-state index in [0.717, 1.165) is 5.56 Å². The molecule has 0 bridgehead atoms. The monoisotopic (exact) mass is 221 g/mol. The maximum atomic E-state index is 5.78. The summed E-state index contributed by atoms with van der Waals surface area (Å²) in [7, 11) is 1.56. The van der Waals surface area contributed by atoms with Crippen molar-refractivity contribution in [1.82, 2.24) is 15.0 Å². The molecule has 2 aromatic rings. The molecular formula is C10H8ClN3O.